The summed E-state index contributed by atoms with van der Waals surface area (Å²) in [6, 6.07) is 5.77. The second kappa shape index (κ2) is 7.26. The van der Waals surface area contributed by atoms with Gasteiger partial charge < -0.3 is 9.47 Å². The van der Waals surface area contributed by atoms with Gasteiger partial charge in [-0.15, -0.1) is 0 Å². The molecule has 1 rings (SSSR count). The number of rotatable bonds is 6. The van der Waals surface area contributed by atoms with Crippen molar-refractivity contribution in [1.82, 2.24) is 0 Å². The van der Waals surface area contributed by atoms with Crippen molar-refractivity contribution < 1.29 is 19.2 Å². The van der Waals surface area contributed by atoms with E-state index in [-0.39, 0.29) is 12.3 Å². The molecule has 0 heterocycles. The summed E-state index contributed by atoms with van der Waals surface area (Å²) in [7, 11) is 0. The monoisotopic (exact) mass is 252 g/mol. The zero-order chi connectivity index (χ0) is 13.4. The molecule has 1 aromatic rings. The fourth-order valence-electron chi connectivity index (χ4n) is 1.13. The molecule has 0 aromatic heterocycles. The summed E-state index contributed by atoms with van der Waals surface area (Å²) in [4.78, 5) is 21.0. The largest absolute Gasteiger partial charge is 0.509 e. The molecule has 0 saturated heterocycles. The van der Waals surface area contributed by atoms with Crippen LogP contribution in [0.2, 0.25) is 0 Å². The van der Waals surface area contributed by atoms with Crippen LogP contribution in [0.25, 0.3) is 0 Å². The fraction of sp³-hybridized carbons (Fsp3) is 0.333. The highest BCUT2D eigenvalue weighted by Crippen LogP contribution is 2.12. The van der Waals surface area contributed by atoms with E-state index in [0.29, 0.717) is 12.0 Å². The van der Waals surface area contributed by atoms with Crippen LogP contribution in [-0.4, -0.2) is 11.1 Å². The van der Waals surface area contributed by atoms with Crippen molar-refractivity contribution in [3.05, 3.63) is 46.6 Å². The van der Waals surface area contributed by atoms with E-state index in [1.807, 2.05) is 6.92 Å². The molecule has 0 amide bonds. The van der Waals surface area contributed by atoms with Crippen molar-refractivity contribution in [1.29, 1.82) is 0 Å². The lowest BCUT2D eigenvalue weighted by atomic mass is 10.2. The van der Waals surface area contributed by atoms with Gasteiger partial charge >= 0.3 is 6.16 Å². The Morgan fingerprint density at radius 2 is 2.06 bits per heavy atom. The zero-order valence-electron chi connectivity index (χ0n) is 10.00. The first-order valence-electron chi connectivity index (χ1n) is 5.52. The summed E-state index contributed by atoms with van der Waals surface area (Å²) >= 11 is 0. The molecule has 97 valence electrons. The minimum absolute atomic E-state index is 0.00222. The number of carbonyl (C=O) groups excluding carboxylic acids is 1. The summed E-state index contributed by atoms with van der Waals surface area (Å²) in [5.41, 5.74) is 0.658. The van der Waals surface area contributed by atoms with Gasteiger partial charge in [0.2, 0.25) is 0 Å². The highest BCUT2D eigenvalue weighted by atomic mass is 16.7. The Balaban J connectivity index is 2.34. The van der Waals surface area contributed by atoms with Gasteiger partial charge in [-0.05, 0) is 24.1 Å². The van der Waals surface area contributed by atoms with E-state index in [0.717, 1.165) is 6.42 Å². The van der Waals surface area contributed by atoms with Crippen molar-refractivity contribution in [2.75, 3.05) is 0 Å². The average molecular weight is 252 g/mol. The fourth-order valence-corrected chi connectivity index (χ4v) is 1.13. The van der Waals surface area contributed by atoms with E-state index >= 15 is 0 Å². The van der Waals surface area contributed by atoms with Gasteiger partial charge in [-0.3, -0.25) is 10.1 Å². The quantitative estimate of drug-likeness (QED) is 0.336. The van der Waals surface area contributed by atoms with E-state index in [2.05, 4.69) is 4.74 Å². The normalized spacial score (nSPS) is 9.83. The maximum absolute atomic E-state index is 11.1. The number of nitro benzene ring substituents is 1. The van der Waals surface area contributed by atoms with Gasteiger partial charge in [-0.2, -0.15) is 0 Å². The molecule has 0 aliphatic carbocycles. The Bertz CT molecular complexity index is 401. The number of benzene rings is 1. The number of ether oxygens (including phenoxy) is 2. The topological polar surface area (TPSA) is 78.7 Å². The van der Waals surface area contributed by atoms with Crippen LogP contribution in [0.4, 0.5) is 10.5 Å². The van der Waals surface area contributed by atoms with E-state index in [4.69, 9.17) is 4.74 Å². The molecule has 1 radical (unpaired) electrons. The number of non-ortho nitro benzene ring substituents is 1. The van der Waals surface area contributed by atoms with Crippen LogP contribution >= 0.6 is 0 Å². The van der Waals surface area contributed by atoms with Crippen LogP contribution < -0.4 is 0 Å². The molecular weight excluding hydrogens is 238 g/mol. The smallest absolute Gasteiger partial charge is 0.429 e. The van der Waals surface area contributed by atoms with Gasteiger partial charge in [0.05, 0.1) is 4.92 Å². The van der Waals surface area contributed by atoms with Crippen LogP contribution in [0.3, 0.4) is 0 Å². The van der Waals surface area contributed by atoms with Gasteiger partial charge in [0.15, 0.2) is 0 Å². The lowest BCUT2D eigenvalue weighted by Crippen LogP contribution is -2.05. The van der Waals surface area contributed by atoms with Gasteiger partial charge in [-0.25, -0.2) is 4.79 Å². The van der Waals surface area contributed by atoms with Crippen molar-refractivity contribution in [2.24, 2.45) is 0 Å². The summed E-state index contributed by atoms with van der Waals surface area (Å²) in [6.07, 6.45) is 0.782. The highest BCUT2D eigenvalue weighted by Gasteiger charge is 2.07. The standard InChI is InChI=1S/C12H14NO5/c1-2-3-8-17-12(14)18-9-10-4-6-11(7-5-10)13(15)16/h4-8H,2-3,9H2,1H3. The second-order valence-electron chi connectivity index (χ2n) is 3.54. The number of nitro groups is 1. The van der Waals surface area contributed by atoms with Crippen molar-refractivity contribution in [3.8, 4) is 0 Å². The molecule has 0 aliphatic heterocycles. The predicted octanol–water partition coefficient (Wildman–Crippen LogP) is 3.21. The summed E-state index contributed by atoms with van der Waals surface area (Å²) in [5, 5.41) is 10.4. The third-order valence-corrected chi connectivity index (χ3v) is 2.09. The molecule has 0 spiro atoms. The summed E-state index contributed by atoms with van der Waals surface area (Å²) < 4.78 is 9.48. The maximum atomic E-state index is 11.1. The highest BCUT2D eigenvalue weighted by molar-refractivity contribution is 5.60. The number of hydrogen-bond acceptors (Lipinski definition) is 5. The molecule has 0 fully saturated rings. The van der Waals surface area contributed by atoms with Gasteiger partial charge in [-0.1, -0.05) is 13.3 Å². The average Bonchev–Trinajstić information content (AvgIpc) is 2.37. The summed E-state index contributed by atoms with van der Waals surface area (Å²) in [5.74, 6) is 0. The molecule has 0 bridgehead atoms. The Labute approximate surface area is 105 Å². The van der Waals surface area contributed by atoms with E-state index in [9.17, 15) is 14.9 Å². The third-order valence-electron chi connectivity index (χ3n) is 2.09. The van der Waals surface area contributed by atoms with Crippen LogP contribution in [0.15, 0.2) is 24.3 Å². The Kier molecular flexibility index (Phi) is 5.63. The Morgan fingerprint density at radius 3 is 2.61 bits per heavy atom. The van der Waals surface area contributed by atoms with Crippen molar-refractivity contribution in [2.45, 2.75) is 26.4 Å². The minimum Gasteiger partial charge on any atom is -0.429 e. The Hall–Kier alpha value is -2.11. The molecule has 0 atom stereocenters. The zero-order valence-corrected chi connectivity index (χ0v) is 10.00. The molecule has 1 aromatic carbocycles. The van der Waals surface area contributed by atoms with Crippen LogP contribution in [0.5, 0.6) is 0 Å². The van der Waals surface area contributed by atoms with Gasteiger partial charge in [0, 0.05) is 12.1 Å². The van der Waals surface area contributed by atoms with Crippen molar-refractivity contribution in [3.63, 3.8) is 0 Å². The molecular formula is C12H14NO5. The summed E-state index contributed by atoms with van der Waals surface area (Å²) in [6.45, 7) is 3.37. The number of carbonyl (C=O) groups is 1. The third kappa shape index (κ3) is 4.82. The first-order chi connectivity index (χ1) is 8.63. The molecule has 0 N–H and O–H groups in total. The molecule has 6 heteroatoms. The van der Waals surface area contributed by atoms with Crippen LogP contribution in [0, 0.1) is 16.7 Å². The van der Waals surface area contributed by atoms with Gasteiger partial charge in [0.1, 0.15) is 13.2 Å². The predicted molar refractivity (Wildman–Crippen MR) is 63.6 cm³/mol. The number of nitrogens with zero attached hydrogens (tertiary/aromatic N) is 1. The lowest BCUT2D eigenvalue weighted by Gasteiger charge is -2.05. The van der Waals surface area contributed by atoms with E-state index in [1.165, 1.54) is 30.9 Å². The van der Waals surface area contributed by atoms with Gasteiger partial charge in [0.25, 0.3) is 5.69 Å². The first-order valence-corrected chi connectivity index (χ1v) is 5.52. The Morgan fingerprint density at radius 1 is 1.39 bits per heavy atom. The van der Waals surface area contributed by atoms with E-state index < -0.39 is 11.1 Å². The lowest BCUT2D eigenvalue weighted by molar-refractivity contribution is -0.384. The number of hydrogen-bond donors (Lipinski definition) is 0. The molecule has 0 unspecified atom stereocenters. The number of unbranched alkanes of at least 4 members (excludes halogenated alkanes) is 1. The van der Waals surface area contributed by atoms with E-state index in [1.54, 1.807) is 0 Å². The molecule has 18 heavy (non-hydrogen) atoms. The first kappa shape index (κ1) is 14.0. The second-order valence-corrected chi connectivity index (χ2v) is 3.54. The molecule has 6 nitrogen and oxygen atoms in total. The van der Waals surface area contributed by atoms with Crippen LogP contribution in [-0.2, 0) is 16.1 Å². The SMILES string of the molecule is CCC[CH]OC(=O)OCc1ccc([N+](=O)[O-])cc1. The van der Waals surface area contributed by atoms with Crippen LogP contribution in [0.1, 0.15) is 25.3 Å². The minimum atomic E-state index is -0.776. The molecule has 0 aliphatic rings. The molecule has 0 saturated carbocycles. The maximum Gasteiger partial charge on any atom is 0.509 e. The van der Waals surface area contributed by atoms with Crippen molar-refractivity contribution >= 4 is 11.8 Å².